The Balaban J connectivity index is 1.77. The Bertz CT molecular complexity index is 1260. The molecule has 3 saturated carbocycles. The summed E-state index contributed by atoms with van der Waals surface area (Å²) in [5, 5.41) is 21.4. The summed E-state index contributed by atoms with van der Waals surface area (Å²) in [5.41, 5.74) is -7.10. The molecule has 7 atom stereocenters. The Kier molecular flexibility index (Phi) is 3.74. The number of hydrogen-bond acceptors (Lipinski definition) is 6. The Morgan fingerprint density at radius 2 is 2.09 bits per heavy atom. The molecule has 0 aromatic rings. The Hall–Kier alpha value is -1.86. The molecule has 2 N–H and O–H groups in total. The second-order valence-electron chi connectivity index (χ2n) is 9.98. The number of carbonyl (C=O) groups is 3. The summed E-state index contributed by atoms with van der Waals surface area (Å²) in [6.45, 7) is -1.85. The zero-order chi connectivity index (χ0) is 32.1. The molecular weight excluding hydrogens is 427 g/mol. The van der Waals surface area contributed by atoms with Crippen LogP contribution in [0.4, 0.5) is 4.39 Å². The van der Waals surface area contributed by atoms with E-state index in [1.807, 2.05) is 0 Å². The number of allylic oxidation sites excluding steroid dienone is 4. The lowest BCUT2D eigenvalue weighted by Gasteiger charge is -2.62. The van der Waals surface area contributed by atoms with Crippen LogP contribution >= 0.6 is 0 Å². The maximum Gasteiger partial charge on any atom is 0.306 e. The first-order valence-corrected chi connectivity index (χ1v) is 11.1. The molecule has 182 valence electrons. The highest BCUT2D eigenvalue weighted by molar-refractivity contribution is 6.01. The van der Waals surface area contributed by atoms with Gasteiger partial charge in [-0.25, -0.2) is 4.39 Å². The molecule has 0 bridgehead atoms. The van der Waals surface area contributed by atoms with Gasteiger partial charge in [-0.15, -0.1) is 0 Å². The van der Waals surface area contributed by atoms with Gasteiger partial charge in [0.05, 0.1) is 6.10 Å². The first kappa shape index (κ1) is 15.2. The number of alkyl halides is 1. The van der Waals surface area contributed by atoms with E-state index in [0.29, 0.717) is 12.0 Å². The summed E-state index contributed by atoms with van der Waals surface area (Å²) in [4.78, 5) is 38.8. The third-order valence-electron chi connectivity index (χ3n) is 8.85. The van der Waals surface area contributed by atoms with Crippen molar-refractivity contribution in [2.45, 2.75) is 89.3 Å². The maximum atomic E-state index is 17.4. The molecular formula is C26H35FO6. The fourth-order valence-corrected chi connectivity index (χ4v) is 7.27. The van der Waals surface area contributed by atoms with Crippen molar-refractivity contribution in [2.24, 2.45) is 22.7 Å². The number of ketones is 2. The van der Waals surface area contributed by atoms with Crippen molar-refractivity contribution < 1.29 is 46.1 Å². The zero-order valence-corrected chi connectivity index (χ0v) is 18.6. The molecule has 0 spiro atoms. The second kappa shape index (κ2) is 8.12. The monoisotopic (exact) mass is 471 g/mol. The van der Waals surface area contributed by atoms with Crippen molar-refractivity contribution in [3.05, 3.63) is 23.8 Å². The second-order valence-corrected chi connectivity index (χ2v) is 9.98. The van der Waals surface area contributed by atoms with Gasteiger partial charge < -0.3 is 14.9 Å². The lowest BCUT2D eigenvalue weighted by molar-refractivity contribution is -0.225. The number of aliphatic hydroxyl groups excluding tert-OH is 2. The third kappa shape index (κ3) is 3.14. The minimum Gasteiger partial charge on any atom is -0.450 e. The van der Waals surface area contributed by atoms with E-state index in [1.165, 1.54) is 25.2 Å². The van der Waals surface area contributed by atoms with Crippen LogP contribution < -0.4 is 0 Å². The van der Waals surface area contributed by atoms with Crippen molar-refractivity contribution in [1.82, 2.24) is 0 Å². The van der Waals surface area contributed by atoms with E-state index < -0.39 is 90.8 Å². The molecule has 6 nitrogen and oxygen atoms in total. The van der Waals surface area contributed by atoms with Crippen LogP contribution in [0.15, 0.2) is 23.8 Å². The van der Waals surface area contributed by atoms with E-state index >= 15 is 4.39 Å². The van der Waals surface area contributed by atoms with Gasteiger partial charge in [-0.05, 0) is 63.5 Å². The summed E-state index contributed by atoms with van der Waals surface area (Å²) >= 11 is 0. The molecule has 0 radical (unpaired) electrons. The molecule has 3 fully saturated rings. The van der Waals surface area contributed by atoms with Gasteiger partial charge >= 0.3 is 5.97 Å². The summed E-state index contributed by atoms with van der Waals surface area (Å²) in [6.07, 6.45) is -9.85. The number of fused-ring (bicyclic) bond motifs is 5. The normalized spacial score (nSPS) is 49.6. The number of halogens is 1. The number of esters is 1. The summed E-state index contributed by atoms with van der Waals surface area (Å²) in [5.74, 6) is -5.15. The first-order chi connectivity index (χ1) is 18.9. The van der Waals surface area contributed by atoms with E-state index in [9.17, 15) is 24.6 Å². The highest BCUT2D eigenvalue weighted by Gasteiger charge is 2.75. The molecule has 0 aliphatic heterocycles. The zero-order valence-electron chi connectivity index (χ0n) is 27.6. The Labute approximate surface area is 206 Å². The molecule has 4 aliphatic carbocycles. The van der Waals surface area contributed by atoms with Gasteiger partial charge in [-0.2, -0.15) is 0 Å². The largest absolute Gasteiger partial charge is 0.450 e. The van der Waals surface area contributed by atoms with Crippen molar-refractivity contribution in [3.63, 3.8) is 0 Å². The van der Waals surface area contributed by atoms with Gasteiger partial charge in [-0.1, -0.05) is 31.8 Å². The first-order valence-electron chi connectivity index (χ1n) is 15.6. The number of hydrogen-bond donors (Lipinski definition) is 2. The van der Waals surface area contributed by atoms with Gasteiger partial charge in [0, 0.05) is 35.5 Å². The molecule has 0 saturated heterocycles. The highest BCUT2D eigenvalue weighted by Crippen LogP contribution is 2.70. The van der Waals surface area contributed by atoms with Crippen LogP contribution in [0.2, 0.25) is 0 Å². The molecule has 33 heavy (non-hydrogen) atoms. The predicted molar refractivity (Wildman–Crippen MR) is 119 cm³/mol. The molecule has 4 aliphatic rings. The van der Waals surface area contributed by atoms with Gasteiger partial charge in [-0.3, -0.25) is 14.4 Å². The minimum atomic E-state index is -3.98. The lowest BCUT2D eigenvalue weighted by atomic mass is 9.44. The molecule has 0 unspecified atom stereocenters. The molecule has 0 aromatic heterocycles. The average Bonchev–Trinajstić information content (AvgIpc) is 3.16. The lowest BCUT2D eigenvalue weighted by Crippen LogP contribution is -2.69. The van der Waals surface area contributed by atoms with Gasteiger partial charge in [0.25, 0.3) is 0 Å². The summed E-state index contributed by atoms with van der Waals surface area (Å²) < 4.78 is 92.9. The summed E-state index contributed by atoms with van der Waals surface area (Å²) in [6, 6.07) is 0. The standard InChI is InChI=1S/C26H35FO6/c1-4-5-6-22(32)33-25(21(31)15-28)12-10-18-19-8-7-16-13-17(29)9-11-23(16,2)26(19,27)20(30)14-24(18,25)3/h9,11,13,18-20,28,30H,4-8,10,12,14-15H2,1-3H3/t18-,19-,20-,23-,24-,25-,26-/m0/s1/i1D3,4D2,5D2,6D2. The van der Waals surface area contributed by atoms with Crippen molar-refractivity contribution in [3.8, 4) is 0 Å². The van der Waals surface area contributed by atoms with E-state index in [1.54, 1.807) is 6.92 Å². The van der Waals surface area contributed by atoms with E-state index in [4.69, 9.17) is 17.1 Å². The number of Topliss-reactive ketones (excluding diaryl/α,β-unsaturated/α-hetero) is 1. The van der Waals surface area contributed by atoms with Gasteiger partial charge in [0.15, 0.2) is 17.1 Å². The van der Waals surface area contributed by atoms with Crippen molar-refractivity contribution in [2.75, 3.05) is 6.61 Å². The average molecular weight is 472 g/mol. The molecule has 0 heterocycles. The van der Waals surface area contributed by atoms with Crippen LogP contribution in [0.5, 0.6) is 0 Å². The quantitative estimate of drug-likeness (QED) is 0.576. The fraction of sp³-hybridized carbons (Fsp3) is 0.731. The van der Waals surface area contributed by atoms with Crippen LogP contribution in [0.1, 0.15) is 84.3 Å². The Morgan fingerprint density at radius 1 is 1.33 bits per heavy atom. The fourth-order valence-electron chi connectivity index (χ4n) is 7.27. The SMILES string of the molecule is [2H]C([2H])([2H])C([2H])([2H])C([2H])([2H])C([2H])([2H])C(=O)O[C@]1(C(=O)CO)CC[C@H]2[C@@H]3CCC4=CC(=O)C=C[C@]4(C)[C@@]3(F)[C@@H](O)C[C@@]21C. The highest BCUT2D eigenvalue weighted by atomic mass is 19.1. The van der Waals surface area contributed by atoms with E-state index in [-0.39, 0.29) is 25.0 Å². The van der Waals surface area contributed by atoms with Crippen LogP contribution in [0.3, 0.4) is 0 Å². The number of ether oxygens (including phenoxy) is 1. The maximum absolute atomic E-state index is 17.4. The number of carbonyl (C=O) groups excluding carboxylic acids is 3. The van der Waals surface area contributed by atoms with Crippen LogP contribution in [-0.4, -0.2) is 51.7 Å². The third-order valence-corrected chi connectivity index (χ3v) is 8.85. The van der Waals surface area contributed by atoms with Crippen LogP contribution in [0, 0.1) is 22.7 Å². The number of aliphatic hydroxyl groups is 2. The van der Waals surface area contributed by atoms with Gasteiger partial charge in [0.1, 0.15) is 6.61 Å². The Morgan fingerprint density at radius 3 is 2.79 bits per heavy atom. The molecule has 4 rings (SSSR count). The van der Waals surface area contributed by atoms with Crippen molar-refractivity contribution >= 4 is 17.5 Å². The van der Waals surface area contributed by atoms with E-state index in [2.05, 4.69) is 0 Å². The van der Waals surface area contributed by atoms with E-state index in [0.717, 1.165) is 0 Å². The molecule has 7 heteroatoms. The molecule has 0 aromatic carbocycles. The molecule has 0 amide bonds. The summed E-state index contributed by atoms with van der Waals surface area (Å²) in [7, 11) is 0. The van der Waals surface area contributed by atoms with Crippen LogP contribution in [0.25, 0.3) is 0 Å². The topological polar surface area (TPSA) is 101 Å². The van der Waals surface area contributed by atoms with Gasteiger partial charge in [0.2, 0.25) is 5.78 Å². The number of rotatable bonds is 6. The smallest absolute Gasteiger partial charge is 0.306 e. The van der Waals surface area contributed by atoms with Crippen LogP contribution in [-0.2, 0) is 19.1 Å². The predicted octanol–water partition coefficient (Wildman–Crippen LogP) is 3.39. The van der Waals surface area contributed by atoms with Crippen molar-refractivity contribution in [1.29, 1.82) is 0 Å². The minimum absolute atomic E-state index is 0.0440.